The molecule has 0 aliphatic rings. The van der Waals surface area contributed by atoms with Crippen LogP contribution in [0.1, 0.15) is 12.0 Å². The lowest BCUT2D eigenvalue weighted by Gasteiger charge is -2.17. The molecule has 2 aromatic rings. The van der Waals surface area contributed by atoms with Crippen LogP contribution in [0.3, 0.4) is 0 Å². The van der Waals surface area contributed by atoms with Crippen LogP contribution < -0.4 is 10.5 Å². The van der Waals surface area contributed by atoms with Gasteiger partial charge in [0.15, 0.2) is 0 Å². The van der Waals surface area contributed by atoms with E-state index in [9.17, 15) is 0 Å². The highest BCUT2D eigenvalue weighted by atomic mass is 35.5. The van der Waals surface area contributed by atoms with Crippen LogP contribution in [0.5, 0.6) is 5.75 Å². The molecule has 0 fully saturated rings. The molecule has 0 atom stereocenters. The van der Waals surface area contributed by atoms with E-state index in [1.165, 1.54) is 5.56 Å². The van der Waals surface area contributed by atoms with E-state index in [4.69, 9.17) is 22.1 Å². The first kappa shape index (κ1) is 15.7. The maximum absolute atomic E-state index is 5.99. The van der Waals surface area contributed by atoms with Gasteiger partial charge in [0.1, 0.15) is 5.75 Å². The second-order valence-electron chi connectivity index (χ2n) is 5.14. The predicted octanol–water partition coefficient (Wildman–Crippen LogP) is 3.82. The summed E-state index contributed by atoms with van der Waals surface area (Å²) in [6, 6.07) is 15.5. The average Bonchev–Trinajstić information content (AvgIpc) is 2.44. The van der Waals surface area contributed by atoms with Crippen LogP contribution in [0.15, 0.2) is 48.5 Å². The van der Waals surface area contributed by atoms with Gasteiger partial charge in [0.25, 0.3) is 0 Å². The highest BCUT2D eigenvalue weighted by Gasteiger charge is 2.01. The van der Waals surface area contributed by atoms with Crippen molar-refractivity contribution in [2.75, 3.05) is 25.9 Å². The molecule has 0 aliphatic carbocycles. The van der Waals surface area contributed by atoms with Crippen LogP contribution >= 0.6 is 11.6 Å². The van der Waals surface area contributed by atoms with Crippen molar-refractivity contribution >= 4 is 17.3 Å². The van der Waals surface area contributed by atoms with Gasteiger partial charge in [-0.05, 0) is 43.3 Å². The third-order valence-electron chi connectivity index (χ3n) is 3.15. The lowest BCUT2D eigenvalue weighted by Crippen LogP contribution is -2.20. The third-order valence-corrected chi connectivity index (χ3v) is 3.39. The van der Waals surface area contributed by atoms with E-state index in [-0.39, 0.29) is 0 Å². The molecule has 0 aromatic heterocycles. The van der Waals surface area contributed by atoms with Gasteiger partial charge in [0.2, 0.25) is 0 Å². The molecule has 0 saturated carbocycles. The molecule has 2 rings (SSSR count). The molecule has 3 nitrogen and oxygen atoms in total. The van der Waals surface area contributed by atoms with Crippen LogP contribution in [-0.2, 0) is 6.54 Å². The topological polar surface area (TPSA) is 38.5 Å². The van der Waals surface area contributed by atoms with Crippen LogP contribution in [0.25, 0.3) is 0 Å². The van der Waals surface area contributed by atoms with Gasteiger partial charge in [-0.25, -0.2) is 0 Å². The number of halogens is 1. The van der Waals surface area contributed by atoms with Gasteiger partial charge < -0.3 is 15.4 Å². The van der Waals surface area contributed by atoms with Crippen molar-refractivity contribution in [3.63, 3.8) is 0 Å². The lowest BCUT2D eigenvalue weighted by molar-refractivity contribution is 0.259. The number of benzene rings is 2. The van der Waals surface area contributed by atoms with Crippen LogP contribution in [0.2, 0.25) is 5.02 Å². The van der Waals surface area contributed by atoms with Gasteiger partial charge in [0.05, 0.1) is 6.61 Å². The average molecular weight is 305 g/mol. The number of nitrogens with zero attached hydrogens (tertiary/aromatic N) is 1. The van der Waals surface area contributed by atoms with Gasteiger partial charge in [-0.1, -0.05) is 29.8 Å². The summed E-state index contributed by atoms with van der Waals surface area (Å²) in [6.45, 7) is 2.54. The largest absolute Gasteiger partial charge is 0.493 e. The Bertz CT molecular complexity index is 574. The lowest BCUT2D eigenvalue weighted by atomic mass is 10.2. The number of ether oxygens (including phenoxy) is 1. The Morgan fingerprint density at radius 1 is 1.14 bits per heavy atom. The molecule has 4 heteroatoms. The van der Waals surface area contributed by atoms with Crippen molar-refractivity contribution in [1.29, 1.82) is 0 Å². The smallest absolute Gasteiger partial charge is 0.121 e. The molecular weight excluding hydrogens is 284 g/mol. The fourth-order valence-corrected chi connectivity index (χ4v) is 2.37. The summed E-state index contributed by atoms with van der Waals surface area (Å²) in [4.78, 5) is 2.26. The minimum atomic E-state index is 0.684. The number of hydrogen-bond donors (Lipinski definition) is 1. The van der Waals surface area contributed by atoms with Gasteiger partial charge in [-0.3, -0.25) is 0 Å². The third kappa shape index (κ3) is 5.66. The maximum Gasteiger partial charge on any atom is 0.121 e. The van der Waals surface area contributed by atoms with Crippen molar-refractivity contribution in [3.8, 4) is 5.75 Å². The summed E-state index contributed by atoms with van der Waals surface area (Å²) in [5.74, 6) is 0.826. The fourth-order valence-electron chi connectivity index (χ4n) is 2.15. The first-order valence-electron chi connectivity index (χ1n) is 7.05. The maximum atomic E-state index is 5.99. The Balaban J connectivity index is 1.68. The highest BCUT2D eigenvalue weighted by molar-refractivity contribution is 6.30. The van der Waals surface area contributed by atoms with Crippen molar-refractivity contribution in [1.82, 2.24) is 4.90 Å². The van der Waals surface area contributed by atoms with Gasteiger partial charge in [-0.15, -0.1) is 0 Å². The van der Waals surface area contributed by atoms with E-state index >= 15 is 0 Å². The molecule has 0 amide bonds. The molecule has 0 radical (unpaired) electrons. The van der Waals surface area contributed by atoms with Crippen LogP contribution in [0.4, 0.5) is 5.69 Å². The second kappa shape index (κ2) is 7.91. The minimum Gasteiger partial charge on any atom is -0.493 e. The molecule has 0 aliphatic heterocycles. The molecule has 0 saturated heterocycles. The zero-order valence-electron chi connectivity index (χ0n) is 12.3. The summed E-state index contributed by atoms with van der Waals surface area (Å²) in [5, 5.41) is 0.783. The number of hydrogen-bond acceptors (Lipinski definition) is 3. The molecule has 0 spiro atoms. The quantitative estimate of drug-likeness (QED) is 0.624. The Kier molecular flexibility index (Phi) is 5.90. The Morgan fingerprint density at radius 2 is 1.95 bits per heavy atom. The second-order valence-corrected chi connectivity index (χ2v) is 5.58. The van der Waals surface area contributed by atoms with Crippen molar-refractivity contribution in [2.24, 2.45) is 0 Å². The number of nitrogen functional groups attached to an aromatic ring is 1. The van der Waals surface area contributed by atoms with E-state index in [2.05, 4.69) is 18.0 Å². The number of anilines is 1. The van der Waals surface area contributed by atoms with E-state index in [1.807, 2.05) is 42.5 Å². The summed E-state index contributed by atoms with van der Waals surface area (Å²) in [6.07, 6.45) is 0.964. The van der Waals surface area contributed by atoms with Crippen molar-refractivity contribution < 1.29 is 4.74 Å². The monoisotopic (exact) mass is 304 g/mol. The summed E-state index contributed by atoms with van der Waals surface area (Å²) >= 11 is 5.99. The van der Waals surface area contributed by atoms with E-state index in [1.54, 1.807) is 0 Å². The number of rotatable bonds is 7. The summed E-state index contributed by atoms with van der Waals surface area (Å²) in [7, 11) is 2.10. The van der Waals surface area contributed by atoms with Gasteiger partial charge in [0, 0.05) is 29.9 Å². The standard InChI is InChI=1S/C17H21ClN2O/c1-20(13-14-5-2-6-15(18)11-14)9-4-10-21-17-8-3-7-16(19)12-17/h2-3,5-8,11-12H,4,9-10,13,19H2,1H3. The molecule has 2 N–H and O–H groups in total. The molecule has 0 bridgehead atoms. The van der Waals surface area contributed by atoms with Gasteiger partial charge in [-0.2, -0.15) is 0 Å². The van der Waals surface area contributed by atoms with E-state index in [0.29, 0.717) is 6.61 Å². The fraction of sp³-hybridized carbons (Fsp3) is 0.294. The van der Waals surface area contributed by atoms with Crippen molar-refractivity contribution in [2.45, 2.75) is 13.0 Å². The zero-order valence-corrected chi connectivity index (χ0v) is 13.0. The Labute approximate surface area is 131 Å². The predicted molar refractivity (Wildman–Crippen MR) is 88.8 cm³/mol. The van der Waals surface area contributed by atoms with E-state index < -0.39 is 0 Å². The molecule has 0 heterocycles. The molecule has 112 valence electrons. The SMILES string of the molecule is CN(CCCOc1cccc(N)c1)Cc1cccc(Cl)c1. The Morgan fingerprint density at radius 3 is 2.71 bits per heavy atom. The van der Waals surface area contributed by atoms with Gasteiger partial charge >= 0.3 is 0 Å². The molecule has 2 aromatic carbocycles. The van der Waals surface area contributed by atoms with E-state index in [0.717, 1.165) is 36.0 Å². The molecule has 21 heavy (non-hydrogen) atoms. The van der Waals surface area contributed by atoms with Crippen LogP contribution in [0, 0.1) is 0 Å². The Hall–Kier alpha value is -1.71. The zero-order chi connectivity index (χ0) is 15.1. The number of nitrogens with two attached hydrogens (primary N) is 1. The normalized spacial score (nSPS) is 10.8. The van der Waals surface area contributed by atoms with Crippen LogP contribution in [-0.4, -0.2) is 25.1 Å². The first-order valence-corrected chi connectivity index (χ1v) is 7.42. The summed E-state index contributed by atoms with van der Waals surface area (Å²) in [5.41, 5.74) is 7.66. The first-order chi connectivity index (χ1) is 10.1. The highest BCUT2D eigenvalue weighted by Crippen LogP contribution is 2.15. The summed E-state index contributed by atoms with van der Waals surface area (Å²) < 4.78 is 5.68. The minimum absolute atomic E-state index is 0.684. The van der Waals surface area contributed by atoms with Crippen molar-refractivity contribution in [3.05, 3.63) is 59.1 Å². The molecule has 0 unspecified atom stereocenters. The molecular formula is C17H21ClN2O.